The summed E-state index contributed by atoms with van der Waals surface area (Å²) in [5, 5.41) is 22.2. The van der Waals surface area contributed by atoms with Crippen LogP contribution in [0.3, 0.4) is 0 Å². The number of nitrogens with zero attached hydrogens (tertiary/aromatic N) is 5. The molecule has 2 aromatic rings. The highest BCUT2D eigenvalue weighted by Gasteiger charge is 2.32. The normalized spacial score (nSPS) is 18.9. The number of aliphatic hydroxyl groups excluding tert-OH is 1. The van der Waals surface area contributed by atoms with Gasteiger partial charge in [0.25, 0.3) is 5.91 Å². The van der Waals surface area contributed by atoms with Crippen LogP contribution in [0.15, 0.2) is 48.3 Å². The number of anilines is 2. The number of carbonyl (C=O) groups excluding carboxylic acids is 1. The Balaban J connectivity index is 1.48. The molecule has 0 unspecified atom stereocenters. The highest BCUT2D eigenvalue weighted by atomic mass is 16.3. The number of hydrogen-bond donors (Lipinski definition) is 2. The first kappa shape index (κ1) is 28.2. The smallest absolute Gasteiger partial charge is 0.254 e. The number of piperidine rings is 1. The van der Waals surface area contributed by atoms with E-state index >= 15 is 0 Å². The number of rotatable bonds is 7. The molecule has 0 aliphatic carbocycles. The monoisotopic (exact) mass is 528 g/mol. The van der Waals surface area contributed by atoms with Gasteiger partial charge in [0.15, 0.2) is 5.82 Å². The fraction of sp³-hybridized carbons (Fsp3) is 0.452. The molecule has 8 heteroatoms. The third-order valence-electron chi connectivity index (χ3n) is 7.87. The van der Waals surface area contributed by atoms with E-state index in [1.54, 1.807) is 12.3 Å². The Morgan fingerprint density at radius 1 is 1.21 bits per heavy atom. The van der Waals surface area contributed by atoms with Gasteiger partial charge in [-0.25, -0.2) is 0 Å². The topological polar surface area (TPSA) is 84.8 Å². The second-order valence-electron chi connectivity index (χ2n) is 10.4. The van der Waals surface area contributed by atoms with Crippen molar-refractivity contribution in [2.24, 2.45) is 0 Å². The molecule has 0 bridgehead atoms. The summed E-state index contributed by atoms with van der Waals surface area (Å²) in [6, 6.07) is 6.15. The third-order valence-corrected chi connectivity index (χ3v) is 7.87. The number of nitrogens with one attached hydrogen (secondary N) is 1. The lowest BCUT2D eigenvalue weighted by atomic mass is 9.94. The summed E-state index contributed by atoms with van der Waals surface area (Å²) in [4.78, 5) is 20.2. The average molecular weight is 529 g/mol. The average Bonchev–Trinajstić information content (AvgIpc) is 2.96. The van der Waals surface area contributed by atoms with Crippen molar-refractivity contribution < 1.29 is 9.90 Å². The van der Waals surface area contributed by atoms with Crippen molar-refractivity contribution in [2.75, 3.05) is 49.5 Å². The molecule has 2 saturated heterocycles. The minimum atomic E-state index is -0.195. The minimum absolute atomic E-state index is 0.0183. The van der Waals surface area contributed by atoms with Gasteiger partial charge in [0.05, 0.1) is 12.6 Å². The number of terminal acetylenes is 1. The molecular weight excluding hydrogens is 488 g/mol. The Labute approximate surface area is 232 Å². The fourth-order valence-electron chi connectivity index (χ4n) is 5.84. The first-order valence-electron chi connectivity index (χ1n) is 13.7. The molecular formula is C31H40N6O2. The molecule has 1 aromatic heterocycles. The van der Waals surface area contributed by atoms with E-state index in [0.717, 1.165) is 65.4 Å². The second-order valence-corrected chi connectivity index (χ2v) is 10.4. The highest BCUT2D eigenvalue weighted by Crippen LogP contribution is 2.31. The summed E-state index contributed by atoms with van der Waals surface area (Å²) in [6.07, 6.45) is 14.6. The zero-order valence-corrected chi connectivity index (χ0v) is 23.5. The van der Waals surface area contributed by atoms with E-state index in [1.165, 1.54) is 0 Å². The molecule has 206 valence electrons. The van der Waals surface area contributed by atoms with Gasteiger partial charge in [-0.1, -0.05) is 18.1 Å². The van der Waals surface area contributed by atoms with Gasteiger partial charge in [-0.3, -0.25) is 4.79 Å². The van der Waals surface area contributed by atoms with Gasteiger partial charge < -0.3 is 25.1 Å². The predicted molar refractivity (Wildman–Crippen MR) is 157 cm³/mol. The molecule has 0 saturated carbocycles. The van der Waals surface area contributed by atoms with E-state index in [2.05, 4.69) is 44.2 Å². The van der Waals surface area contributed by atoms with Crippen LogP contribution in [-0.2, 0) is 0 Å². The van der Waals surface area contributed by atoms with Crippen LogP contribution in [0.1, 0.15) is 46.8 Å². The van der Waals surface area contributed by atoms with E-state index < -0.39 is 0 Å². The Hall–Kier alpha value is -3.83. The molecule has 0 spiro atoms. The lowest BCUT2D eigenvalue weighted by molar-refractivity contribution is 0.0453. The SMILES string of the molecule is C#C/C=C\C(=C/C)N1CCN(C(=O)c2c(C)cc(C)c(NC3CCN(c4cccnn4)CC3)c2C)C[C@H]1CO. The van der Waals surface area contributed by atoms with Crippen LogP contribution in [0.5, 0.6) is 0 Å². The maximum atomic E-state index is 13.9. The maximum Gasteiger partial charge on any atom is 0.254 e. The van der Waals surface area contributed by atoms with Gasteiger partial charge >= 0.3 is 0 Å². The number of piperazine rings is 1. The zero-order valence-electron chi connectivity index (χ0n) is 23.5. The van der Waals surface area contributed by atoms with E-state index in [4.69, 9.17) is 6.42 Å². The predicted octanol–water partition coefficient (Wildman–Crippen LogP) is 3.69. The highest BCUT2D eigenvalue weighted by molar-refractivity contribution is 5.99. The first-order valence-corrected chi connectivity index (χ1v) is 13.7. The fourth-order valence-corrected chi connectivity index (χ4v) is 5.84. The van der Waals surface area contributed by atoms with Crippen molar-refractivity contribution in [1.82, 2.24) is 20.0 Å². The third kappa shape index (κ3) is 6.26. The minimum Gasteiger partial charge on any atom is -0.394 e. The summed E-state index contributed by atoms with van der Waals surface area (Å²) in [6.45, 7) is 11.5. The standard InChI is InChI=1S/C31H40N6O2/c1-6-8-10-26(7-2)37-18-17-36(20-27(37)21-38)31(39)29-22(3)19-23(4)30(24(29)5)33-25-12-15-35(16-13-25)28-11-9-14-32-34-28/h1,7-11,14,19,25,27,33,38H,12-13,15-18,20-21H2,2-5H3/b10-8-,26-7+/t27-/m0/s1. The Morgan fingerprint density at radius 3 is 2.62 bits per heavy atom. The molecule has 2 aliphatic heterocycles. The van der Waals surface area contributed by atoms with Crippen molar-refractivity contribution in [3.05, 3.63) is 70.6 Å². The zero-order chi connectivity index (χ0) is 27.9. The van der Waals surface area contributed by atoms with Crippen molar-refractivity contribution in [3.63, 3.8) is 0 Å². The summed E-state index contributed by atoms with van der Waals surface area (Å²) in [5.41, 5.74) is 5.88. The molecule has 2 N–H and O–H groups in total. The number of aryl methyl sites for hydroxylation is 2. The maximum absolute atomic E-state index is 13.9. The summed E-state index contributed by atoms with van der Waals surface area (Å²) >= 11 is 0. The van der Waals surface area contributed by atoms with Crippen LogP contribution in [0.25, 0.3) is 0 Å². The first-order chi connectivity index (χ1) is 18.9. The van der Waals surface area contributed by atoms with Gasteiger partial charge in [0.1, 0.15) is 0 Å². The lowest BCUT2D eigenvalue weighted by Crippen LogP contribution is -2.55. The van der Waals surface area contributed by atoms with Crippen molar-refractivity contribution in [3.8, 4) is 12.3 Å². The molecule has 1 aromatic carbocycles. The van der Waals surface area contributed by atoms with Crippen LogP contribution in [0, 0.1) is 33.1 Å². The van der Waals surface area contributed by atoms with Crippen LogP contribution in [0.2, 0.25) is 0 Å². The molecule has 39 heavy (non-hydrogen) atoms. The largest absolute Gasteiger partial charge is 0.394 e. The Morgan fingerprint density at radius 2 is 1.97 bits per heavy atom. The van der Waals surface area contributed by atoms with Gasteiger partial charge in [-0.15, -0.1) is 11.5 Å². The van der Waals surface area contributed by atoms with E-state index in [1.807, 2.05) is 50.0 Å². The number of carbonyl (C=O) groups is 1. The molecule has 4 rings (SSSR count). The number of aromatic nitrogens is 2. The quantitative estimate of drug-likeness (QED) is 0.419. The van der Waals surface area contributed by atoms with Crippen molar-refractivity contribution in [1.29, 1.82) is 0 Å². The number of benzene rings is 1. The van der Waals surface area contributed by atoms with E-state index in [-0.39, 0.29) is 18.6 Å². The van der Waals surface area contributed by atoms with Crippen molar-refractivity contribution >= 4 is 17.4 Å². The lowest BCUT2D eigenvalue weighted by Gasteiger charge is -2.43. The number of hydrogen-bond acceptors (Lipinski definition) is 7. The molecule has 1 atom stereocenters. The summed E-state index contributed by atoms with van der Waals surface area (Å²) in [5.74, 6) is 3.46. The number of allylic oxidation sites excluding steroid dienone is 3. The molecule has 0 radical (unpaired) electrons. The number of aliphatic hydroxyl groups is 1. The molecule has 1 amide bonds. The Kier molecular flexibility index (Phi) is 9.26. The number of amides is 1. The molecule has 8 nitrogen and oxygen atoms in total. The van der Waals surface area contributed by atoms with Gasteiger partial charge in [0, 0.05) is 61.9 Å². The Bertz CT molecular complexity index is 1260. The molecule has 3 heterocycles. The van der Waals surface area contributed by atoms with Crippen LogP contribution >= 0.6 is 0 Å². The molecule has 2 aliphatic rings. The van der Waals surface area contributed by atoms with Crippen LogP contribution in [-0.4, -0.2) is 82.4 Å². The van der Waals surface area contributed by atoms with Gasteiger partial charge in [-0.2, -0.15) is 5.10 Å². The van der Waals surface area contributed by atoms with Crippen LogP contribution < -0.4 is 10.2 Å². The van der Waals surface area contributed by atoms with Gasteiger partial charge in [0.2, 0.25) is 0 Å². The van der Waals surface area contributed by atoms with E-state index in [9.17, 15) is 9.90 Å². The van der Waals surface area contributed by atoms with Gasteiger partial charge in [-0.05, 0) is 81.5 Å². The van der Waals surface area contributed by atoms with E-state index in [0.29, 0.717) is 25.7 Å². The molecule has 2 fully saturated rings. The van der Waals surface area contributed by atoms with Crippen molar-refractivity contribution in [2.45, 2.75) is 52.6 Å². The summed E-state index contributed by atoms with van der Waals surface area (Å²) in [7, 11) is 0. The summed E-state index contributed by atoms with van der Waals surface area (Å²) < 4.78 is 0. The second kappa shape index (κ2) is 12.8. The van der Waals surface area contributed by atoms with Crippen LogP contribution in [0.4, 0.5) is 11.5 Å².